The molecule has 26 heavy (non-hydrogen) atoms. The van der Waals surface area contributed by atoms with Crippen molar-refractivity contribution in [3.63, 3.8) is 0 Å². The third-order valence-corrected chi connectivity index (χ3v) is 4.21. The number of rotatable bonds is 10. The van der Waals surface area contributed by atoms with E-state index in [-0.39, 0.29) is 0 Å². The summed E-state index contributed by atoms with van der Waals surface area (Å²) in [5.41, 5.74) is 1.10. The van der Waals surface area contributed by atoms with Gasteiger partial charge >= 0.3 is 0 Å². The molecule has 1 aromatic heterocycles. The molecule has 1 saturated carbocycles. The van der Waals surface area contributed by atoms with Crippen molar-refractivity contribution in [2.45, 2.75) is 25.8 Å². The van der Waals surface area contributed by atoms with Gasteiger partial charge in [-0.15, -0.1) is 6.58 Å². The molecule has 0 bridgehead atoms. The molecule has 0 amide bonds. The Bertz CT molecular complexity index is 706. The van der Waals surface area contributed by atoms with Crippen LogP contribution in [0.25, 0.3) is 0 Å². The van der Waals surface area contributed by atoms with Gasteiger partial charge in [-0.05, 0) is 37.0 Å². The molecule has 0 saturated heterocycles. The van der Waals surface area contributed by atoms with Crippen LogP contribution in [-0.2, 0) is 13.0 Å². The number of aliphatic imine (C=N–C) groups is 1. The van der Waals surface area contributed by atoms with Gasteiger partial charge in [-0.3, -0.25) is 0 Å². The monoisotopic (exact) mass is 353 g/mol. The summed E-state index contributed by atoms with van der Waals surface area (Å²) in [6.07, 6.45) is 6.89. The Morgan fingerprint density at radius 1 is 1.23 bits per heavy atom. The quantitative estimate of drug-likeness (QED) is 0.390. The number of benzene rings is 1. The lowest BCUT2D eigenvalue weighted by Crippen LogP contribution is -2.38. The smallest absolute Gasteiger partial charge is 0.191 e. The fourth-order valence-electron chi connectivity index (χ4n) is 2.53. The summed E-state index contributed by atoms with van der Waals surface area (Å²) in [6, 6.07) is 12.0. The van der Waals surface area contributed by atoms with Gasteiger partial charge in [0, 0.05) is 25.1 Å². The van der Waals surface area contributed by atoms with Crippen molar-refractivity contribution < 1.29 is 9.15 Å². The van der Waals surface area contributed by atoms with Crippen LogP contribution in [0.4, 0.5) is 0 Å². The zero-order valence-corrected chi connectivity index (χ0v) is 15.1. The number of nitrogens with zero attached hydrogens (tertiary/aromatic N) is 1. The van der Waals surface area contributed by atoms with Crippen molar-refractivity contribution in [3.05, 3.63) is 66.6 Å². The normalized spacial score (nSPS) is 14.1. The number of nitrogens with one attached hydrogen (secondary N) is 2. The highest BCUT2D eigenvalue weighted by atomic mass is 16.5. The molecule has 0 unspecified atom stereocenters. The Kier molecular flexibility index (Phi) is 6.76. The molecule has 0 atom stereocenters. The summed E-state index contributed by atoms with van der Waals surface area (Å²) in [7, 11) is 0. The van der Waals surface area contributed by atoms with Crippen molar-refractivity contribution in [2.75, 3.05) is 19.7 Å². The number of hydrogen-bond acceptors (Lipinski definition) is 3. The highest BCUT2D eigenvalue weighted by Gasteiger charge is 2.22. The molecule has 2 N–H and O–H groups in total. The molecule has 1 aromatic carbocycles. The lowest BCUT2D eigenvalue weighted by Gasteiger charge is -2.13. The standard InChI is InChI=1S/C21H27N3O2/c1-2-12-22-21(23-13-11-19-7-5-14-25-19)24-15-18-6-3-4-8-20(18)26-16-17-9-10-17/h2-8,14,17H,1,9-13,15-16H2,(H2,22,23,24). The van der Waals surface area contributed by atoms with Crippen molar-refractivity contribution in [1.82, 2.24) is 10.6 Å². The van der Waals surface area contributed by atoms with E-state index in [0.717, 1.165) is 48.5 Å². The van der Waals surface area contributed by atoms with Gasteiger partial charge in [0.1, 0.15) is 11.5 Å². The molecule has 138 valence electrons. The van der Waals surface area contributed by atoms with Crippen molar-refractivity contribution in [3.8, 4) is 5.75 Å². The molecule has 1 heterocycles. The van der Waals surface area contributed by atoms with Crippen molar-refractivity contribution >= 4 is 5.96 Å². The van der Waals surface area contributed by atoms with E-state index in [1.54, 1.807) is 6.26 Å². The van der Waals surface area contributed by atoms with Crippen LogP contribution in [0.3, 0.4) is 0 Å². The lowest BCUT2D eigenvalue weighted by atomic mass is 10.2. The molecular weight excluding hydrogens is 326 g/mol. The molecule has 1 fully saturated rings. The average Bonchev–Trinajstić information content (AvgIpc) is 3.36. The summed E-state index contributed by atoms with van der Waals surface area (Å²) in [5.74, 6) is 3.38. The van der Waals surface area contributed by atoms with Crippen LogP contribution < -0.4 is 15.4 Å². The molecule has 0 spiro atoms. The van der Waals surface area contributed by atoms with Crippen LogP contribution in [0.15, 0.2) is 64.7 Å². The van der Waals surface area contributed by atoms with Gasteiger partial charge in [-0.25, -0.2) is 4.99 Å². The number of furan rings is 1. The first kappa shape index (κ1) is 18.1. The van der Waals surface area contributed by atoms with Gasteiger partial charge in [0.05, 0.1) is 19.4 Å². The van der Waals surface area contributed by atoms with Gasteiger partial charge in [-0.2, -0.15) is 0 Å². The summed E-state index contributed by atoms with van der Waals surface area (Å²) < 4.78 is 11.3. The summed E-state index contributed by atoms with van der Waals surface area (Å²) in [6.45, 7) is 6.53. The molecule has 1 aliphatic carbocycles. The Morgan fingerprint density at radius 2 is 2.12 bits per heavy atom. The molecular formula is C21H27N3O2. The third kappa shape index (κ3) is 5.99. The molecule has 0 aliphatic heterocycles. The maximum absolute atomic E-state index is 5.97. The first-order chi connectivity index (χ1) is 12.8. The summed E-state index contributed by atoms with van der Waals surface area (Å²) in [4.78, 5) is 4.69. The molecule has 3 rings (SSSR count). The third-order valence-electron chi connectivity index (χ3n) is 4.21. The van der Waals surface area contributed by atoms with E-state index in [2.05, 4.69) is 28.3 Å². The Morgan fingerprint density at radius 3 is 2.88 bits per heavy atom. The van der Waals surface area contributed by atoms with E-state index >= 15 is 0 Å². The number of guanidine groups is 1. The number of hydrogen-bond donors (Lipinski definition) is 2. The minimum atomic E-state index is 0.564. The summed E-state index contributed by atoms with van der Waals surface area (Å²) in [5, 5.41) is 6.58. The minimum absolute atomic E-state index is 0.564. The van der Waals surface area contributed by atoms with Crippen LogP contribution in [0.2, 0.25) is 0 Å². The van der Waals surface area contributed by atoms with Crippen LogP contribution in [0.1, 0.15) is 24.2 Å². The zero-order chi connectivity index (χ0) is 18.0. The topological polar surface area (TPSA) is 58.8 Å². The first-order valence-electron chi connectivity index (χ1n) is 9.21. The predicted octanol–water partition coefficient (Wildman–Crippen LogP) is 3.53. The fraction of sp³-hybridized carbons (Fsp3) is 0.381. The molecule has 2 aromatic rings. The Labute approximate surface area is 155 Å². The van der Waals surface area contributed by atoms with E-state index in [1.807, 2.05) is 36.4 Å². The minimum Gasteiger partial charge on any atom is -0.493 e. The average molecular weight is 353 g/mol. The van der Waals surface area contributed by atoms with Crippen LogP contribution in [0, 0.1) is 5.92 Å². The van der Waals surface area contributed by atoms with E-state index in [4.69, 9.17) is 9.15 Å². The van der Waals surface area contributed by atoms with Crippen LogP contribution in [0.5, 0.6) is 5.75 Å². The van der Waals surface area contributed by atoms with Crippen molar-refractivity contribution in [1.29, 1.82) is 0 Å². The van der Waals surface area contributed by atoms with Gasteiger partial charge in [0.2, 0.25) is 0 Å². The zero-order valence-electron chi connectivity index (χ0n) is 15.1. The highest BCUT2D eigenvalue weighted by Crippen LogP contribution is 2.30. The van der Waals surface area contributed by atoms with Gasteiger partial charge in [0.15, 0.2) is 5.96 Å². The molecule has 1 aliphatic rings. The Hall–Kier alpha value is -2.69. The van der Waals surface area contributed by atoms with E-state index < -0.39 is 0 Å². The lowest BCUT2D eigenvalue weighted by molar-refractivity contribution is 0.297. The van der Waals surface area contributed by atoms with Gasteiger partial charge < -0.3 is 19.8 Å². The van der Waals surface area contributed by atoms with Crippen molar-refractivity contribution in [2.24, 2.45) is 10.9 Å². The Balaban J connectivity index is 1.56. The molecule has 5 heteroatoms. The first-order valence-corrected chi connectivity index (χ1v) is 9.21. The molecule has 0 radical (unpaired) electrons. The second kappa shape index (κ2) is 9.70. The second-order valence-electron chi connectivity index (χ2n) is 6.45. The van der Waals surface area contributed by atoms with Crippen LogP contribution in [-0.4, -0.2) is 25.7 Å². The van der Waals surface area contributed by atoms with E-state index in [0.29, 0.717) is 13.1 Å². The number of para-hydroxylation sites is 1. The maximum Gasteiger partial charge on any atom is 0.191 e. The largest absolute Gasteiger partial charge is 0.493 e. The fourth-order valence-corrected chi connectivity index (χ4v) is 2.53. The van der Waals surface area contributed by atoms with E-state index in [9.17, 15) is 0 Å². The highest BCUT2D eigenvalue weighted by molar-refractivity contribution is 5.79. The maximum atomic E-state index is 5.97. The van der Waals surface area contributed by atoms with E-state index in [1.165, 1.54) is 12.8 Å². The SMILES string of the molecule is C=CCNC(=NCc1ccccc1OCC1CC1)NCCc1ccco1. The predicted molar refractivity (Wildman–Crippen MR) is 104 cm³/mol. The van der Waals surface area contributed by atoms with Crippen LogP contribution >= 0.6 is 0 Å². The van der Waals surface area contributed by atoms with Gasteiger partial charge in [0.25, 0.3) is 0 Å². The molecule has 5 nitrogen and oxygen atoms in total. The number of ether oxygens (including phenoxy) is 1. The second-order valence-corrected chi connectivity index (χ2v) is 6.45. The van der Waals surface area contributed by atoms with Gasteiger partial charge in [-0.1, -0.05) is 24.3 Å². The summed E-state index contributed by atoms with van der Waals surface area (Å²) >= 11 is 0.